The van der Waals surface area contributed by atoms with Gasteiger partial charge >= 0.3 is 0 Å². The molecule has 0 heterocycles. The summed E-state index contributed by atoms with van der Waals surface area (Å²) in [6.45, 7) is 7.98. The van der Waals surface area contributed by atoms with Crippen LogP contribution >= 0.6 is 0 Å². The van der Waals surface area contributed by atoms with Gasteiger partial charge in [-0.1, -0.05) is 46.5 Å². The van der Waals surface area contributed by atoms with Crippen molar-refractivity contribution in [3.8, 4) is 0 Å². The van der Waals surface area contributed by atoms with Gasteiger partial charge in [0.25, 0.3) is 0 Å². The lowest BCUT2D eigenvalue weighted by Gasteiger charge is -2.17. The van der Waals surface area contributed by atoms with Crippen LogP contribution in [0, 0.1) is 0 Å². The topological polar surface area (TPSA) is 12.0 Å². The minimum Gasteiger partial charge on any atom is -0.314 e. The van der Waals surface area contributed by atoms with Crippen molar-refractivity contribution in [3.63, 3.8) is 0 Å². The lowest BCUT2D eigenvalue weighted by Crippen LogP contribution is -2.29. The Morgan fingerprint density at radius 3 is 1.77 bits per heavy atom. The Hall–Kier alpha value is -0.0400. The molecule has 0 saturated heterocycles. The largest absolute Gasteiger partial charge is 0.314 e. The maximum atomic E-state index is 3.64. The van der Waals surface area contributed by atoms with Crippen molar-refractivity contribution in [1.29, 1.82) is 0 Å². The van der Waals surface area contributed by atoms with E-state index in [0.29, 0.717) is 0 Å². The van der Waals surface area contributed by atoms with Crippen molar-refractivity contribution in [2.75, 3.05) is 6.54 Å². The van der Waals surface area contributed by atoms with E-state index in [4.69, 9.17) is 0 Å². The molecule has 80 valence electrons. The average Bonchev–Trinajstić information content (AvgIpc) is 2.17. The van der Waals surface area contributed by atoms with Crippen LogP contribution in [0.1, 0.15) is 65.7 Å². The fourth-order valence-corrected chi connectivity index (χ4v) is 1.60. The summed E-state index contributed by atoms with van der Waals surface area (Å²) in [5.74, 6) is 0. The Kier molecular flexibility index (Phi) is 10.0. The van der Waals surface area contributed by atoms with Crippen LogP contribution in [0.2, 0.25) is 0 Å². The molecule has 1 heteroatoms. The van der Waals surface area contributed by atoms with E-state index in [9.17, 15) is 0 Å². The summed E-state index contributed by atoms with van der Waals surface area (Å²) in [7, 11) is 0. The maximum absolute atomic E-state index is 3.64. The molecule has 1 N–H and O–H groups in total. The number of rotatable bonds is 9. The van der Waals surface area contributed by atoms with Crippen LogP contribution in [0.3, 0.4) is 0 Å². The van der Waals surface area contributed by atoms with Crippen molar-refractivity contribution in [3.05, 3.63) is 0 Å². The summed E-state index contributed by atoms with van der Waals surface area (Å²) in [6, 6.07) is 0.792. The molecule has 0 aromatic carbocycles. The van der Waals surface area contributed by atoms with Gasteiger partial charge in [0.1, 0.15) is 0 Å². The van der Waals surface area contributed by atoms with Gasteiger partial charge in [-0.05, 0) is 25.8 Å². The summed E-state index contributed by atoms with van der Waals surface area (Å²) in [6.07, 6.45) is 9.42. The molecule has 0 aliphatic carbocycles. The van der Waals surface area contributed by atoms with E-state index < -0.39 is 0 Å². The Morgan fingerprint density at radius 1 is 0.846 bits per heavy atom. The SMILES string of the molecule is CCCCC(CCCC)NCCC. The van der Waals surface area contributed by atoms with Crippen molar-refractivity contribution in [1.82, 2.24) is 5.32 Å². The number of hydrogen-bond donors (Lipinski definition) is 1. The molecule has 0 rings (SSSR count). The smallest absolute Gasteiger partial charge is 0.00670 e. The zero-order valence-electron chi connectivity index (χ0n) is 9.73. The summed E-state index contributed by atoms with van der Waals surface area (Å²) >= 11 is 0. The average molecular weight is 185 g/mol. The zero-order chi connectivity index (χ0) is 9.94. The Bertz CT molecular complexity index is 72.1. The number of hydrogen-bond acceptors (Lipinski definition) is 1. The molecule has 0 unspecified atom stereocenters. The maximum Gasteiger partial charge on any atom is 0.00670 e. The van der Waals surface area contributed by atoms with Crippen LogP contribution in [0.25, 0.3) is 0 Å². The van der Waals surface area contributed by atoms with Gasteiger partial charge in [-0.15, -0.1) is 0 Å². The molecule has 13 heavy (non-hydrogen) atoms. The zero-order valence-corrected chi connectivity index (χ0v) is 9.73. The minimum atomic E-state index is 0.792. The molecule has 0 aliphatic heterocycles. The fraction of sp³-hybridized carbons (Fsp3) is 1.00. The molecular formula is C12H27N. The quantitative estimate of drug-likeness (QED) is 0.577. The van der Waals surface area contributed by atoms with Crippen molar-refractivity contribution in [2.45, 2.75) is 71.8 Å². The predicted molar refractivity (Wildman–Crippen MR) is 61.1 cm³/mol. The van der Waals surface area contributed by atoms with Crippen LogP contribution in [0.15, 0.2) is 0 Å². The molecule has 0 aromatic heterocycles. The molecule has 0 saturated carbocycles. The second kappa shape index (κ2) is 10.0. The molecule has 1 nitrogen and oxygen atoms in total. The highest BCUT2D eigenvalue weighted by atomic mass is 14.9. The van der Waals surface area contributed by atoms with E-state index >= 15 is 0 Å². The first kappa shape index (κ1) is 13.0. The Morgan fingerprint density at radius 2 is 1.38 bits per heavy atom. The highest BCUT2D eigenvalue weighted by molar-refractivity contribution is 4.66. The monoisotopic (exact) mass is 185 g/mol. The highest BCUT2D eigenvalue weighted by Crippen LogP contribution is 2.08. The normalized spacial score (nSPS) is 11.1. The third-order valence-corrected chi connectivity index (χ3v) is 2.50. The highest BCUT2D eigenvalue weighted by Gasteiger charge is 2.05. The third kappa shape index (κ3) is 8.29. The van der Waals surface area contributed by atoms with Crippen molar-refractivity contribution in [2.24, 2.45) is 0 Å². The minimum absolute atomic E-state index is 0.792. The lowest BCUT2D eigenvalue weighted by molar-refractivity contribution is 0.427. The molecule has 0 radical (unpaired) electrons. The van der Waals surface area contributed by atoms with E-state index in [1.165, 1.54) is 51.5 Å². The number of nitrogens with one attached hydrogen (secondary N) is 1. The van der Waals surface area contributed by atoms with Gasteiger partial charge < -0.3 is 5.32 Å². The van der Waals surface area contributed by atoms with Gasteiger partial charge in [-0.2, -0.15) is 0 Å². The van der Waals surface area contributed by atoms with E-state index in [0.717, 1.165) is 6.04 Å². The lowest BCUT2D eigenvalue weighted by atomic mass is 10.0. The number of unbranched alkanes of at least 4 members (excludes halogenated alkanes) is 2. The molecular weight excluding hydrogens is 158 g/mol. The standard InChI is InChI=1S/C12H27N/c1-4-7-9-12(10-8-5-2)13-11-6-3/h12-13H,4-11H2,1-3H3. The summed E-state index contributed by atoms with van der Waals surface area (Å²) < 4.78 is 0. The first-order valence-electron chi connectivity index (χ1n) is 6.08. The van der Waals surface area contributed by atoms with Crippen LogP contribution < -0.4 is 5.32 Å². The summed E-state index contributed by atoms with van der Waals surface area (Å²) in [5, 5.41) is 3.64. The van der Waals surface area contributed by atoms with Gasteiger partial charge in [0.05, 0.1) is 0 Å². The van der Waals surface area contributed by atoms with E-state index in [2.05, 4.69) is 26.1 Å². The van der Waals surface area contributed by atoms with Crippen molar-refractivity contribution < 1.29 is 0 Å². The first-order valence-corrected chi connectivity index (χ1v) is 6.08. The van der Waals surface area contributed by atoms with Crippen LogP contribution in [-0.2, 0) is 0 Å². The molecule has 0 amide bonds. The molecule has 0 fully saturated rings. The van der Waals surface area contributed by atoms with Crippen molar-refractivity contribution >= 4 is 0 Å². The third-order valence-electron chi connectivity index (χ3n) is 2.50. The van der Waals surface area contributed by atoms with E-state index in [-0.39, 0.29) is 0 Å². The van der Waals surface area contributed by atoms with Gasteiger partial charge in [0.2, 0.25) is 0 Å². The predicted octanol–water partition coefficient (Wildman–Crippen LogP) is 3.74. The van der Waals surface area contributed by atoms with E-state index in [1.54, 1.807) is 0 Å². The van der Waals surface area contributed by atoms with Gasteiger partial charge in [-0.25, -0.2) is 0 Å². The molecule has 0 atom stereocenters. The molecule has 0 aromatic rings. The van der Waals surface area contributed by atoms with Gasteiger partial charge in [-0.3, -0.25) is 0 Å². The van der Waals surface area contributed by atoms with E-state index in [1.807, 2.05) is 0 Å². The van der Waals surface area contributed by atoms with Crippen LogP contribution in [-0.4, -0.2) is 12.6 Å². The molecule has 0 spiro atoms. The summed E-state index contributed by atoms with van der Waals surface area (Å²) in [4.78, 5) is 0. The molecule has 0 aliphatic rings. The Labute approximate surface area is 84.3 Å². The van der Waals surface area contributed by atoms with Crippen LogP contribution in [0.4, 0.5) is 0 Å². The molecule has 0 bridgehead atoms. The summed E-state index contributed by atoms with van der Waals surface area (Å²) in [5.41, 5.74) is 0. The van der Waals surface area contributed by atoms with Crippen LogP contribution in [0.5, 0.6) is 0 Å². The van der Waals surface area contributed by atoms with Gasteiger partial charge in [0.15, 0.2) is 0 Å². The van der Waals surface area contributed by atoms with Gasteiger partial charge in [0, 0.05) is 6.04 Å². The second-order valence-electron chi connectivity index (χ2n) is 3.94. The fourth-order valence-electron chi connectivity index (χ4n) is 1.60. The Balaban J connectivity index is 3.47. The first-order chi connectivity index (χ1) is 6.35. The second-order valence-corrected chi connectivity index (χ2v) is 3.94.